The van der Waals surface area contributed by atoms with Gasteiger partial charge in [-0.05, 0) is 38.5 Å². The molecule has 0 radical (unpaired) electrons. The Hall–Kier alpha value is -1.06. The molecule has 0 atom stereocenters. The van der Waals surface area contributed by atoms with Crippen LogP contribution in [0.5, 0.6) is 0 Å². The van der Waals surface area contributed by atoms with Crippen LogP contribution >= 0.6 is 0 Å². The third-order valence-electron chi connectivity index (χ3n) is 6.38. The third-order valence-corrected chi connectivity index (χ3v) is 6.38. The summed E-state index contributed by atoms with van der Waals surface area (Å²) in [6.07, 6.45) is 20.5. The zero-order valence-corrected chi connectivity index (χ0v) is 19.9. The SMILES string of the molecule is CCCCCCCCCCCCCOC(=O)C1CCC(C(=O)OCCCCC)CC1. The predicted molar refractivity (Wildman–Crippen MR) is 123 cm³/mol. The topological polar surface area (TPSA) is 52.6 Å². The fourth-order valence-electron chi connectivity index (χ4n) is 4.26. The molecule has 30 heavy (non-hydrogen) atoms. The van der Waals surface area contributed by atoms with Crippen LogP contribution in [0, 0.1) is 11.8 Å². The standard InChI is InChI=1S/C26H48O4/c1-3-5-7-8-9-10-11-12-13-14-16-22-30-26(28)24-19-17-23(18-20-24)25(27)29-21-15-6-4-2/h23-24H,3-22H2,1-2H3. The van der Waals surface area contributed by atoms with Crippen LogP contribution in [0.3, 0.4) is 0 Å². The van der Waals surface area contributed by atoms with Crippen molar-refractivity contribution in [2.24, 2.45) is 11.8 Å². The van der Waals surface area contributed by atoms with Crippen LogP contribution in [-0.2, 0) is 19.1 Å². The van der Waals surface area contributed by atoms with Crippen molar-refractivity contribution in [3.8, 4) is 0 Å². The molecule has 0 aliphatic heterocycles. The highest BCUT2D eigenvalue weighted by Gasteiger charge is 2.31. The lowest BCUT2D eigenvalue weighted by Gasteiger charge is -2.26. The summed E-state index contributed by atoms with van der Waals surface area (Å²) >= 11 is 0. The molecule has 0 bridgehead atoms. The first-order chi connectivity index (χ1) is 14.7. The number of unbranched alkanes of at least 4 members (excludes halogenated alkanes) is 12. The van der Waals surface area contributed by atoms with Crippen molar-refractivity contribution in [1.82, 2.24) is 0 Å². The summed E-state index contributed by atoms with van der Waals surface area (Å²) in [6, 6.07) is 0. The van der Waals surface area contributed by atoms with E-state index >= 15 is 0 Å². The molecule has 176 valence electrons. The van der Waals surface area contributed by atoms with E-state index in [4.69, 9.17) is 9.47 Å². The average molecular weight is 425 g/mol. The molecule has 0 aromatic rings. The molecule has 0 saturated heterocycles. The lowest BCUT2D eigenvalue weighted by Crippen LogP contribution is -2.28. The van der Waals surface area contributed by atoms with Gasteiger partial charge >= 0.3 is 11.9 Å². The van der Waals surface area contributed by atoms with Gasteiger partial charge in [-0.1, -0.05) is 90.9 Å². The van der Waals surface area contributed by atoms with E-state index in [0.717, 1.165) is 57.8 Å². The monoisotopic (exact) mass is 424 g/mol. The molecule has 0 spiro atoms. The molecule has 1 aliphatic carbocycles. The summed E-state index contributed by atoms with van der Waals surface area (Å²) in [5.74, 6) is -0.181. The number of carbonyl (C=O) groups excluding carboxylic acids is 2. The van der Waals surface area contributed by atoms with Crippen LogP contribution in [0.4, 0.5) is 0 Å². The second-order valence-electron chi connectivity index (χ2n) is 9.13. The molecule has 1 rings (SSSR count). The van der Waals surface area contributed by atoms with Crippen LogP contribution < -0.4 is 0 Å². The summed E-state index contributed by atoms with van der Waals surface area (Å²) in [6.45, 7) is 5.49. The summed E-state index contributed by atoms with van der Waals surface area (Å²) in [5.41, 5.74) is 0. The maximum atomic E-state index is 12.3. The Bertz CT molecular complexity index is 427. The maximum absolute atomic E-state index is 12.3. The molecule has 4 heteroatoms. The third kappa shape index (κ3) is 13.3. The van der Waals surface area contributed by atoms with Crippen molar-refractivity contribution >= 4 is 11.9 Å². The largest absolute Gasteiger partial charge is 0.465 e. The molecule has 4 nitrogen and oxygen atoms in total. The van der Waals surface area contributed by atoms with E-state index in [0.29, 0.717) is 13.2 Å². The number of rotatable bonds is 18. The first kappa shape index (κ1) is 27.0. The fourth-order valence-corrected chi connectivity index (χ4v) is 4.26. The number of hydrogen-bond acceptors (Lipinski definition) is 4. The summed E-state index contributed by atoms with van der Waals surface area (Å²) in [7, 11) is 0. The van der Waals surface area contributed by atoms with Gasteiger partial charge in [0.1, 0.15) is 0 Å². The van der Waals surface area contributed by atoms with Crippen LogP contribution in [-0.4, -0.2) is 25.2 Å². The first-order valence-electron chi connectivity index (χ1n) is 13.0. The van der Waals surface area contributed by atoms with E-state index in [2.05, 4.69) is 13.8 Å². The minimum Gasteiger partial charge on any atom is -0.465 e. The highest BCUT2D eigenvalue weighted by atomic mass is 16.5. The Kier molecular flexibility index (Phi) is 16.8. The first-order valence-corrected chi connectivity index (χ1v) is 13.0. The number of carbonyl (C=O) groups is 2. The van der Waals surface area contributed by atoms with E-state index in [1.807, 2.05) is 0 Å². The van der Waals surface area contributed by atoms with Gasteiger partial charge in [0.15, 0.2) is 0 Å². The smallest absolute Gasteiger partial charge is 0.308 e. The zero-order chi connectivity index (χ0) is 21.9. The van der Waals surface area contributed by atoms with Gasteiger partial charge in [0.05, 0.1) is 25.0 Å². The van der Waals surface area contributed by atoms with E-state index in [1.165, 1.54) is 57.8 Å². The number of hydrogen-bond donors (Lipinski definition) is 0. The van der Waals surface area contributed by atoms with Crippen LogP contribution in [0.15, 0.2) is 0 Å². The van der Waals surface area contributed by atoms with E-state index in [9.17, 15) is 9.59 Å². The minimum atomic E-state index is -0.0705. The Labute approximate surface area is 185 Å². The zero-order valence-electron chi connectivity index (χ0n) is 19.9. The molecule has 0 aromatic heterocycles. The van der Waals surface area contributed by atoms with Crippen molar-refractivity contribution in [1.29, 1.82) is 0 Å². The van der Waals surface area contributed by atoms with Crippen molar-refractivity contribution in [3.05, 3.63) is 0 Å². The number of ether oxygens (including phenoxy) is 2. The van der Waals surface area contributed by atoms with Crippen LogP contribution in [0.2, 0.25) is 0 Å². The van der Waals surface area contributed by atoms with Gasteiger partial charge in [-0.25, -0.2) is 0 Å². The molecular formula is C26H48O4. The molecule has 1 fully saturated rings. The Balaban J connectivity index is 1.95. The molecular weight excluding hydrogens is 376 g/mol. The molecule has 1 aliphatic rings. The Morgan fingerprint density at radius 1 is 0.533 bits per heavy atom. The maximum Gasteiger partial charge on any atom is 0.308 e. The van der Waals surface area contributed by atoms with Gasteiger partial charge in [-0.3, -0.25) is 9.59 Å². The molecule has 0 heterocycles. The Morgan fingerprint density at radius 2 is 0.833 bits per heavy atom. The van der Waals surface area contributed by atoms with Gasteiger partial charge in [-0.2, -0.15) is 0 Å². The normalized spacial score (nSPS) is 18.9. The van der Waals surface area contributed by atoms with E-state index in [1.54, 1.807) is 0 Å². The summed E-state index contributed by atoms with van der Waals surface area (Å²) in [5, 5.41) is 0. The Morgan fingerprint density at radius 3 is 1.23 bits per heavy atom. The second-order valence-corrected chi connectivity index (χ2v) is 9.13. The van der Waals surface area contributed by atoms with Gasteiger partial charge in [0, 0.05) is 0 Å². The predicted octanol–water partition coefficient (Wildman–Crippen LogP) is 7.38. The highest BCUT2D eigenvalue weighted by Crippen LogP contribution is 2.30. The summed E-state index contributed by atoms with van der Waals surface area (Å²) < 4.78 is 10.9. The minimum absolute atomic E-state index is 0.0256. The fraction of sp³-hybridized carbons (Fsp3) is 0.923. The molecule has 1 saturated carbocycles. The average Bonchev–Trinajstić information content (AvgIpc) is 2.77. The lowest BCUT2D eigenvalue weighted by atomic mass is 9.82. The summed E-state index contributed by atoms with van der Waals surface area (Å²) in [4.78, 5) is 24.4. The van der Waals surface area contributed by atoms with Crippen molar-refractivity contribution in [3.63, 3.8) is 0 Å². The van der Waals surface area contributed by atoms with Crippen molar-refractivity contribution in [2.45, 2.75) is 129 Å². The van der Waals surface area contributed by atoms with Gasteiger partial charge < -0.3 is 9.47 Å². The van der Waals surface area contributed by atoms with E-state index < -0.39 is 0 Å². The van der Waals surface area contributed by atoms with Crippen LogP contribution in [0.1, 0.15) is 129 Å². The van der Waals surface area contributed by atoms with Gasteiger partial charge in [-0.15, -0.1) is 0 Å². The quantitative estimate of drug-likeness (QED) is 0.170. The van der Waals surface area contributed by atoms with Crippen molar-refractivity contribution < 1.29 is 19.1 Å². The molecule has 0 aromatic carbocycles. The van der Waals surface area contributed by atoms with Gasteiger partial charge in [0.2, 0.25) is 0 Å². The molecule has 0 amide bonds. The highest BCUT2D eigenvalue weighted by molar-refractivity contribution is 5.75. The molecule has 0 unspecified atom stereocenters. The second kappa shape index (κ2) is 18.7. The lowest BCUT2D eigenvalue weighted by molar-refractivity contribution is -0.155. The van der Waals surface area contributed by atoms with E-state index in [-0.39, 0.29) is 23.8 Å². The number of esters is 2. The van der Waals surface area contributed by atoms with Crippen molar-refractivity contribution in [2.75, 3.05) is 13.2 Å². The molecule has 0 N–H and O–H groups in total. The van der Waals surface area contributed by atoms with Crippen LogP contribution in [0.25, 0.3) is 0 Å². The van der Waals surface area contributed by atoms with Gasteiger partial charge in [0.25, 0.3) is 0 Å².